The van der Waals surface area contributed by atoms with E-state index in [0.717, 1.165) is 5.69 Å². The minimum atomic E-state index is 1.14. The Hall–Kier alpha value is -8.66. The number of fused-ring (bicyclic) bond motifs is 11. The van der Waals surface area contributed by atoms with Gasteiger partial charge in [-0.05, 0) is 106 Å². The highest BCUT2D eigenvalue weighted by molar-refractivity contribution is 6.20. The maximum atomic E-state index is 2.50. The van der Waals surface area contributed by atoms with Crippen LogP contribution in [0.15, 0.2) is 237 Å². The van der Waals surface area contributed by atoms with Crippen LogP contribution < -0.4 is 0 Å². The maximum absolute atomic E-state index is 2.50. The summed E-state index contributed by atoms with van der Waals surface area (Å²) in [5.74, 6) is 0. The van der Waals surface area contributed by atoms with Crippen LogP contribution >= 0.6 is 0 Å². The molecule has 3 heterocycles. The highest BCUT2D eigenvalue weighted by atomic mass is 15.0. The molecule has 0 aliphatic rings. The van der Waals surface area contributed by atoms with E-state index in [4.69, 9.17) is 0 Å². The molecule has 0 spiro atoms. The smallest absolute Gasteiger partial charge is 0.0562 e. The fraction of sp³-hybridized carbons (Fsp3) is 0. The van der Waals surface area contributed by atoms with Crippen molar-refractivity contribution in [1.82, 2.24) is 13.7 Å². The summed E-state index contributed by atoms with van der Waals surface area (Å²) in [6.45, 7) is 0. The Balaban J connectivity index is 1.01. The number of aromatic nitrogens is 3. The third kappa shape index (κ3) is 5.36. The Morgan fingerprint density at radius 2 is 0.600 bits per heavy atom. The van der Waals surface area contributed by atoms with Crippen molar-refractivity contribution in [3.05, 3.63) is 237 Å². The van der Waals surface area contributed by atoms with Gasteiger partial charge in [0.05, 0.1) is 44.5 Å². The molecule has 0 radical (unpaired) electrons. The minimum Gasteiger partial charge on any atom is -0.309 e. The number of nitrogens with zero attached hydrogens (tertiary/aromatic N) is 3. The van der Waals surface area contributed by atoms with Crippen LogP contribution in [0.4, 0.5) is 0 Å². The summed E-state index contributed by atoms with van der Waals surface area (Å²) in [4.78, 5) is 0. The number of para-hydroxylation sites is 2. The number of hydrogen-bond acceptors (Lipinski definition) is 0. The van der Waals surface area contributed by atoms with E-state index in [1.165, 1.54) is 121 Å². The topological polar surface area (TPSA) is 14.8 Å². The van der Waals surface area contributed by atoms with Crippen molar-refractivity contribution in [2.45, 2.75) is 0 Å². The summed E-state index contributed by atoms with van der Waals surface area (Å²) >= 11 is 0. The van der Waals surface area contributed by atoms with Crippen molar-refractivity contribution in [2.75, 3.05) is 0 Å². The van der Waals surface area contributed by atoms with Crippen molar-refractivity contribution in [3.63, 3.8) is 0 Å². The summed E-state index contributed by atoms with van der Waals surface area (Å²) in [6, 6.07) is 87.1. The fourth-order valence-corrected chi connectivity index (χ4v) is 10.9. The number of benzene rings is 11. The van der Waals surface area contributed by atoms with E-state index in [-0.39, 0.29) is 0 Å². The van der Waals surface area contributed by atoms with Gasteiger partial charge < -0.3 is 13.7 Å². The molecule has 3 aromatic heterocycles. The van der Waals surface area contributed by atoms with E-state index in [0.29, 0.717) is 0 Å². The van der Waals surface area contributed by atoms with Crippen molar-refractivity contribution in [1.29, 1.82) is 0 Å². The van der Waals surface area contributed by atoms with E-state index in [9.17, 15) is 0 Å². The molecule has 0 N–H and O–H groups in total. The van der Waals surface area contributed by atoms with Gasteiger partial charge >= 0.3 is 0 Å². The summed E-state index contributed by atoms with van der Waals surface area (Å²) in [5.41, 5.74) is 15.5. The van der Waals surface area contributed by atoms with Crippen LogP contribution in [0.3, 0.4) is 0 Å². The molecule has 0 atom stereocenters. The summed E-state index contributed by atoms with van der Waals surface area (Å²) in [5, 5.41) is 12.4. The van der Waals surface area contributed by atoms with Gasteiger partial charge in [0.1, 0.15) is 0 Å². The van der Waals surface area contributed by atoms with Crippen LogP contribution in [-0.4, -0.2) is 13.7 Å². The molecule has 3 heteroatoms. The van der Waals surface area contributed by atoms with E-state index in [1.54, 1.807) is 0 Å². The molecule has 11 aromatic carbocycles. The van der Waals surface area contributed by atoms with Gasteiger partial charge in [-0.2, -0.15) is 0 Å². The Labute approximate surface area is 374 Å². The molecule has 302 valence electrons. The standard InChI is InChI=1S/C62H39N3/c1-2-14-40(15-3-1)41-28-32-46(33-29-41)63-57-24-10-8-23-50(57)53-38-54-52-37-45(31-35-60(52)65(62(54)39-61(53)63)56-27-13-19-43-17-5-7-21-48(43)56)44-30-34-59-51(36-44)49-22-9-11-25-58(49)64(59)55-26-12-18-42-16-4-6-20-47(42)55/h1-39H. The van der Waals surface area contributed by atoms with E-state index in [1.807, 2.05) is 0 Å². The molecule has 14 aromatic rings. The van der Waals surface area contributed by atoms with Crippen LogP contribution in [0, 0.1) is 0 Å². The molecule has 0 unspecified atom stereocenters. The lowest BCUT2D eigenvalue weighted by molar-refractivity contribution is 1.17. The van der Waals surface area contributed by atoms with Crippen LogP contribution in [0.1, 0.15) is 0 Å². The first-order valence-electron chi connectivity index (χ1n) is 22.4. The average Bonchev–Trinajstić information content (AvgIpc) is 4.00. The highest BCUT2D eigenvalue weighted by Gasteiger charge is 2.21. The summed E-state index contributed by atoms with van der Waals surface area (Å²) in [6.07, 6.45) is 0. The van der Waals surface area contributed by atoms with Crippen molar-refractivity contribution in [3.8, 4) is 39.3 Å². The first-order valence-corrected chi connectivity index (χ1v) is 22.4. The lowest BCUT2D eigenvalue weighted by Gasteiger charge is -2.13. The Morgan fingerprint density at radius 3 is 1.22 bits per heavy atom. The van der Waals surface area contributed by atoms with Crippen LogP contribution in [0.5, 0.6) is 0 Å². The van der Waals surface area contributed by atoms with E-state index >= 15 is 0 Å². The predicted molar refractivity (Wildman–Crippen MR) is 275 cm³/mol. The monoisotopic (exact) mass is 825 g/mol. The molecular formula is C62H39N3. The van der Waals surface area contributed by atoms with Crippen LogP contribution in [-0.2, 0) is 0 Å². The second kappa shape index (κ2) is 13.9. The van der Waals surface area contributed by atoms with Crippen LogP contribution in [0.25, 0.3) is 126 Å². The third-order valence-electron chi connectivity index (χ3n) is 13.8. The third-order valence-corrected chi connectivity index (χ3v) is 13.8. The molecule has 0 fully saturated rings. The molecule has 0 aliphatic heterocycles. The Morgan fingerprint density at radius 1 is 0.200 bits per heavy atom. The molecule has 0 saturated heterocycles. The van der Waals surface area contributed by atoms with Gasteiger partial charge in [-0.3, -0.25) is 0 Å². The van der Waals surface area contributed by atoms with Crippen molar-refractivity contribution >= 4 is 87.0 Å². The lowest BCUT2D eigenvalue weighted by Crippen LogP contribution is -1.97. The van der Waals surface area contributed by atoms with Crippen molar-refractivity contribution in [2.24, 2.45) is 0 Å². The fourth-order valence-electron chi connectivity index (χ4n) is 10.9. The molecule has 0 bridgehead atoms. The summed E-state index contributed by atoms with van der Waals surface area (Å²) < 4.78 is 7.38. The van der Waals surface area contributed by atoms with Gasteiger partial charge in [0.15, 0.2) is 0 Å². The van der Waals surface area contributed by atoms with Gasteiger partial charge in [0.25, 0.3) is 0 Å². The molecule has 0 saturated carbocycles. The Bertz CT molecular complexity index is 4210. The second-order valence-corrected chi connectivity index (χ2v) is 17.3. The summed E-state index contributed by atoms with van der Waals surface area (Å²) in [7, 11) is 0. The molecule has 0 amide bonds. The normalized spacial score (nSPS) is 12.0. The zero-order valence-electron chi connectivity index (χ0n) is 35.4. The van der Waals surface area contributed by atoms with Gasteiger partial charge in [0.2, 0.25) is 0 Å². The lowest BCUT2D eigenvalue weighted by atomic mass is 10.00. The largest absolute Gasteiger partial charge is 0.309 e. The number of hydrogen-bond donors (Lipinski definition) is 0. The van der Waals surface area contributed by atoms with Crippen LogP contribution in [0.2, 0.25) is 0 Å². The SMILES string of the molecule is c1ccc(-c2ccc(-n3c4ccccc4c4cc5c6cc(-c7ccc8c(c7)c7ccccc7n8-c7cccc8ccccc78)ccc6n(-c6cccc7ccccc67)c5cc43)cc2)cc1. The molecular weight excluding hydrogens is 787 g/mol. The molecule has 0 aliphatic carbocycles. The average molecular weight is 826 g/mol. The molecule has 14 rings (SSSR count). The highest BCUT2D eigenvalue weighted by Crippen LogP contribution is 2.43. The van der Waals surface area contributed by atoms with Crippen molar-refractivity contribution < 1.29 is 0 Å². The first kappa shape index (κ1) is 35.9. The first-order chi connectivity index (χ1) is 32.2. The maximum Gasteiger partial charge on any atom is 0.0562 e. The predicted octanol–water partition coefficient (Wildman–Crippen LogP) is 16.6. The zero-order chi connectivity index (χ0) is 42.6. The van der Waals surface area contributed by atoms with E-state index < -0.39 is 0 Å². The second-order valence-electron chi connectivity index (χ2n) is 17.3. The molecule has 65 heavy (non-hydrogen) atoms. The van der Waals surface area contributed by atoms with Gasteiger partial charge in [0, 0.05) is 48.8 Å². The molecule has 3 nitrogen and oxygen atoms in total. The van der Waals surface area contributed by atoms with Gasteiger partial charge in [-0.25, -0.2) is 0 Å². The van der Waals surface area contributed by atoms with Gasteiger partial charge in [-0.15, -0.1) is 0 Å². The zero-order valence-corrected chi connectivity index (χ0v) is 35.4. The minimum absolute atomic E-state index is 1.14. The Kier molecular flexibility index (Phi) is 7.69. The number of rotatable bonds is 5. The quantitative estimate of drug-likeness (QED) is 0.164. The van der Waals surface area contributed by atoms with Gasteiger partial charge in [-0.1, -0.05) is 164 Å². The van der Waals surface area contributed by atoms with E-state index in [2.05, 4.69) is 250 Å².